The van der Waals surface area contributed by atoms with E-state index in [1.807, 2.05) is 19.3 Å². The molecule has 1 rings (SSSR count). The molecule has 3 heteroatoms. The fourth-order valence-corrected chi connectivity index (χ4v) is 0.345. The summed E-state index contributed by atoms with van der Waals surface area (Å²) in [6.07, 6.45) is 3.64. The minimum absolute atomic E-state index is 0. The van der Waals surface area contributed by atoms with Gasteiger partial charge in [0.1, 0.15) is 0 Å². The molecule has 0 aromatic carbocycles. The predicted octanol–water partition coefficient (Wildman–Crippen LogP) is -2.46. The van der Waals surface area contributed by atoms with Crippen LogP contribution >= 0.6 is 0 Å². The largest absolute Gasteiger partial charge is 1.00 e. The minimum Gasteiger partial charge on any atom is -1.00 e. The smallest absolute Gasteiger partial charge is 1.00 e. The Labute approximate surface area is 66.3 Å². The zero-order chi connectivity index (χ0) is 4.41. The first-order chi connectivity index (χ1) is 2.89. The van der Waals surface area contributed by atoms with Crippen LogP contribution < -0.4 is 29.6 Å². The first kappa shape index (κ1) is 7.21. The van der Waals surface area contributed by atoms with Crippen LogP contribution in [-0.4, -0.2) is 9.78 Å². The Hall–Kier alpha value is 0.210. The summed E-state index contributed by atoms with van der Waals surface area (Å²) in [5.41, 5.74) is 0. The van der Waals surface area contributed by atoms with Gasteiger partial charge in [-0.2, -0.15) is 5.10 Å². The van der Waals surface area contributed by atoms with Gasteiger partial charge in [-0.25, -0.2) is 0 Å². The van der Waals surface area contributed by atoms with Crippen molar-refractivity contribution in [2.24, 2.45) is 7.05 Å². The van der Waals surface area contributed by atoms with E-state index in [0.29, 0.717) is 0 Å². The molecule has 0 aliphatic rings. The molecular weight excluding hydrogens is 99.0 g/mol. The van der Waals surface area contributed by atoms with Crippen LogP contribution in [0.3, 0.4) is 0 Å². The van der Waals surface area contributed by atoms with Gasteiger partial charge in [-0.15, -0.1) is 0 Å². The fourth-order valence-electron chi connectivity index (χ4n) is 0.345. The van der Waals surface area contributed by atoms with Gasteiger partial charge >= 0.3 is 29.6 Å². The van der Waals surface area contributed by atoms with Crippen molar-refractivity contribution in [2.45, 2.75) is 0 Å². The first-order valence-corrected chi connectivity index (χ1v) is 1.83. The van der Waals surface area contributed by atoms with Gasteiger partial charge < -0.3 is 1.43 Å². The van der Waals surface area contributed by atoms with Gasteiger partial charge in [0.25, 0.3) is 0 Å². The Morgan fingerprint density at radius 1 is 1.71 bits per heavy atom. The average Bonchev–Trinajstić information content (AvgIpc) is 1.86. The van der Waals surface area contributed by atoms with Gasteiger partial charge in [0.15, 0.2) is 0 Å². The molecule has 0 saturated heterocycles. The van der Waals surface area contributed by atoms with Crippen molar-refractivity contribution in [1.82, 2.24) is 9.78 Å². The van der Waals surface area contributed by atoms with Gasteiger partial charge in [0, 0.05) is 19.4 Å². The van der Waals surface area contributed by atoms with E-state index in [-0.39, 0.29) is 31.0 Å². The van der Waals surface area contributed by atoms with Crippen LogP contribution in [-0.2, 0) is 7.05 Å². The molecule has 0 saturated carbocycles. The Balaban J connectivity index is 0. The van der Waals surface area contributed by atoms with Crippen molar-refractivity contribution in [2.75, 3.05) is 0 Å². The monoisotopic (exact) mass is 106 g/mol. The Bertz CT molecular complexity index is 118. The number of hydrogen-bond acceptors (Lipinski definition) is 1. The van der Waals surface area contributed by atoms with E-state index >= 15 is 0 Å². The van der Waals surface area contributed by atoms with Crippen LogP contribution in [0.5, 0.6) is 0 Å². The van der Waals surface area contributed by atoms with Crippen LogP contribution in [0.1, 0.15) is 1.43 Å². The summed E-state index contributed by atoms with van der Waals surface area (Å²) in [6.45, 7) is 0. The SMILES string of the molecule is Cn1cccn1.[H-].[Na+]. The van der Waals surface area contributed by atoms with Crippen molar-refractivity contribution >= 4 is 0 Å². The van der Waals surface area contributed by atoms with Crippen molar-refractivity contribution in [3.8, 4) is 0 Å². The van der Waals surface area contributed by atoms with Crippen LogP contribution in [0.25, 0.3) is 0 Å². The van der Waals surface area contributed by atoms with E-state index in [2.05, 4.69) is 5.10 Å². The van der Waals surface area contributed by atoms with Crippen LogP contribution in [0.2, 0.25) is 0 Å². The summed E-state index contributed by atoms with van der Waals surface area (Å²) in [4.78, 5) is 0. The molecule has 0 aliphatic heterocycles. The molecule has 1 aromatic heterocycles. The summed E-state index contributed by atoms with van der Waals surface area (Å²) in [6, 6.07) is 1.89. The second kappa shape index (κ2) is 3.24. The third-order valence-electron chi connectivity index (χ3n) is 0.637. The van der Waals surface area contributed by atoms with Crippen molar-refractivity contribution in [3.05, 3.63) is 18.5 Å². The third-order valence-corrected chi connectivity index (χ3v) is 0.637. The van der Waals surface area contributed by atoms with Crippen LogP contribution in [0, 0.1) is 0 Å². The Morgan fingerprint density at radius 3 is 2.57 bits per heavy atom. The molecule has 1 aromatic rings. The maximum Gasteiger partial charge on any atom is 1.00 e. The summed E-state index contributed by atoms with van der Waals surface area (Å²) in [5, 5.41) is 3.83. The van der Waals surface area contributed by atoms with Crippen molar-refractivity contribution < 1.29 is 31.0 Å². The van der Waals surface area contributed by atoms with Crippen LogP contribution in [0.4, 0.5) is 0 Å². The van der Waals surface area contributed by atoms with Crippen molar-refractivity contribution in [3.63, 3.8) is 0 Å². The molecular formula is C4H7N2Na. The standard InChI is InChI=1S/C4H6N2.Na.H/c1-6-4-2-3-5-6;;/h2-4H,1H3;;/q;+1;-1. The van der Waals surface area contributed by atoms with E-state index in [0.717, 1.165) is 0 Å². The number of rotatable bonds is 0. The molecule has 34 valence electrons. The molecule has 0 unspecified atom stereocenters. The van der Waals surface area contributed by atoms with Gasteiger partial charge in [0.2, 0.25) is 0 Å². The number of aryl methyl sites for hydroxylation is 1. The van der Waals surface area contributed by atoms with E-state index < -0.39 is 0 Å². The maximum atomic E-state index is 3.83. The predicted molar refractivity (Wildman–Crippen MR) is 24.3 cm³/mol. The van der Waals surface area contributed by atoms with E-state index in [4.69, 9.17) is 0 Å². The van der Waals surface area contributed by atoms with Crippen LogP contribution in [0.15, 0.2) is 18.5 Å². The fraction of sp³-hybridized carbons (Fsp3) is 0.250. The second-order valence-electron chi connectivity index (χ2n) is 1.18. The molecule has 0 amide bonds. The summed E-state index contributed by atoms with van der Waals surface area (Å²) in [5.74, 6) is 0. The third kappa shape index (κ3) is 2.12. The summed E-state index contributed by atoms with van der Waals surface area (Å²) in [7, 11) is 1.89. The molecule has 0 fully saturated rings. The first-order valence-electron chi connectivity index (χ1n) is 1.83. The van der Waals surface area contributed by atoms with Crippen molar-refractivity contribution in [1.29, 1.82) is 0 Å². The average molecular weight is 106 g/mol. The molecule has 0 spiro atoms. The molecule has 0 bridgehead atoms. The van der Waals surface area contributed by atoms with Gasteiger partial charge in [-0.05, 0) is 6.07 Å². The molecule has 0 atom stereocenters. The maximum absolute atomic E-state index is 3.83. The molecule has 1 heterocycles. The van der Waals surface area contributed by atoms with E-state index in [9.17, 15) is 0 Å². The molecule has 0 N–H and O–H groups in total. The van der Waals surface area contributed by atoms with Gasteiger partial charge in [-0.1, -0.05) is 0 Å². The Morgan fingerprint density at radius 2 is 2.43 bits per heavy atom. The number of hydrogen-bond donors (Lipinski definition) is 0. The number of nitrogens with zero attached hydrogens (tertiary/aromatic N) is 2. The molecule has 0 radical (unpaired) electrons. The zero-order valence-corrected chi connectivity index (χ0v) is 6.63. The minimum atomic E-state index is 0. The summed E-state index contributed by atoms with van der Waals surface area (Å²) >= 11 is 0. The molecule has 7 heavy (non-hydrogen) atoms. The van der Waals surface area contributed by atoms with Gasteiger partial charge in [-0.3, -0.25) is 4.68 Å². The summed E-state index contributed by atoms with van der Waals surface area (Å²) < 4.78 is 1.75. The van der Waals surface area contributed by atoms with E-state index in [1.165, 1.54) is 0 Å². The van der Waals surface area contributed by atoms with E-state index in [1.54, 1.807) is 10.9 Å². The Kier molecular flexibility index (Phi) is 3.34. The number of aromatic nitrogens is 2. The molecule has 2 nitrogen and oxygen atoms in total. The zero-order valence-electron chi connectivity index (χ0n) is 5.63. The normalized spacial score (nSPS) is 7.57. The topological polar surface area (TPSA) is 17.8 Å². The molecule has 0 aliphatic carbocycles. The quantitative estimate of drug-likeness (QED) is 0.335. The second-order valence-corrected chi connectivity index (χ2v) is 1.18. The van der Waals surface area contributed by atoms with Gasteiger partial charge in [0.05, 0.1) is 0 Å².